The van der Waals surface area contributed by atoms with Crippen LogP contribution in [0.15, 0.2) is 83.8 Å². The molecule has 1 atom stereocenters. The lowest BCUT2D eigenvalue weighted by molar-refractivity contribution is -0.122. The maximum atomic E-state index is 13.3. The average Bonchev–Trinajstić information content (AvgIpc) is 2.83. The van der Waals surface area contributed by atoms with E-state index in [1.54, 1.807) is 26.1 Å². The molecule has 34 heavy (non-hydrogen) atoms. The number of carbonyl (C=O) groups is 2. The van der Waals surface area contributed by atoms with Crippen molar-refractivity contribution < 1.29 is 22.4 Å². The third kappa shape index (κ3) is 6.36. The van der Waals surface area contributed by atoms with Crippen LogP contribution in [0.1, 0.15) is 28.4 Å². The van der Waals surface area contributed by atoms with Crippen LogP contribution in [0.25, 0.3) is 0 Å². The lowest BCUT2D eigenvalue weighted by atomic mass is 9.96. The summed E-state index contributed by atoms with van der Waals surface area (Å²) < 4.78 is 40.0. The van der Waals surface area contributed by atoms with Crippen LogP contribution >= 0.6 is 0 Å². The van der Waals surface area contributed by atoms with Crippen LogP contribution in [0, 0.1) is 5.82 Å². The fourth-order valence-electron chi connectivity index (χ4n) is 3.62. The molecule has 3 aromatic rings. The Morgan fingerprint density at radius 3 is 2.12 bits per heavy atom. The quantitative estimate of drug-likeness (QED) is 0.479. The molecule has 1 N–H and O–H groups in total. The molecule has 0 fully saturated rings. The minimum atomic E-state index is -3.59. The zero-order valence-electron chi connectivity index (χ0n) is 19.1. The van der Waals surface area contributed by atoms with E-state index in [4.69, 9.17) is 0 Å². The molecule has 0 unspecified atom stereocenters. The summed E-state index contributed by atoms with van der Waals surface area (Å²) in [5.74, 6) is -1.03. The maximum absolute atomic E-state index is 13.3. The van der Waals surface area contributed by atoms with Crippen molar-refractivity contribution in [1.82, 2.24) is 9.62 Å². The summed E-state index contributed by atoms with van der Waals surface area (Å²) in [6, 6.07) is 19.9. The molecule has 0 aliphatic rings. The summed E-state index contributed by atoms with van der Waals surface area (Å²) >= 11 is 0. The summed E-state index contributed by atoms with van der Waals surface area (Å²) in [5.41, 5.74) is 1.82. The summed E-state index contributed by atoms with van der Waals surface area (Å²) in [5, 5.41) is 0. The highest BCUT2D eigenvalue weighted by Crippen LogP contribution is 2.17. The van der Waals surface area contributed by atoms with Crippen LogP contribution in [-0.4, -0.2) is 44.6 Å². The first-order valence-corrected chi connectivity index (χ1v) is 12.4. The molecular formula is C26H27FN2O4S. The van der Waals surface area contributed by atoms with Gasteiger partial charge in [0.15, 0.2) is 5.78 Å². The normalized spacial score (nSPS) is 12.2. The van der Waals surface area contributed by atoms with Crippen LogP contribution in [0.3, 0.4) is 0 Å². The van der Waals surface area contributed by atoms with Gasteiger partial charge in [-0.3, -0.25) is 9.59 Å². The smallest absolute Gasteiger partial charge is 0.254 e. The molecule has 3 rings (SSSR count). The number of ketones is 1. The van der Waals surface area contributed by atoms with Gasteiger partial charge in [-0.2, -0.15) is 0 Å². The number of amides is 1. The van der Waals surface area contributed by atoms with E-state index >= 15 is 0 Å². The zero-order chi connectivity index (χ0) is 24.7. The fraction of sp³-hybridized carbons (Fsp3) is 0.231. The molecule has 0 aliphatic heterocycles. The second-order valence-electron chi connectivity index (χ2n) is 7.92. The molecule has 178 valence electrons. The Bertz CT molecular complexity index is 1230. The molecule has 8 heteroatoms. The third-order valence-corrected chi connectivity index (χ3v) is 7.03. The van der Waals surface area contributed by atoms with Crippen LogP contribution in [0.5, 0.6) is 0 Å². The summed E-state index contributed by atoms with van der Waals surface area (Å²) in [6.07, 6.45) is 0.343. The molecule has 0 bridgehead atoms. The predicted octanol–water partition coefficient (Wildman–Crippen LogP) is 3.62. The van der Waals surface area contributed by atoms with Gasteiger partial charge >= 0.3 is 0 Å². The summed E-state index contributed by atoms with van der Waals surface area (Å²) in [4.78, 5) is 27.9. The summed E-state index contributed by atoms with van der Waals surface area (Å²) in [6.45, 7) is 1.97. The van der Waals surface area contributed by atoms with E-state index in [1.165, 1.54) is 41.3 Å². The molecule has 0 saturated carbocycles. The predicted molar refractivity (Wildman–Crippen MR) is 128 cm³/mol. The Labute approximate surface area is 199 Å². The molecule has 0 heterocycles. The average molecular weight is 483 g/mol. The van der Waals surface area contributed by atoms with E-state index in [0.29, 0.717) is 12.0 Å². The number of Topliss-reactive ketones (excluding diaryl/α,β-unsaturated/α-hetero) is 1. The first kappa shape index (κ1) is 25.3. The summed E-state index contributed by atoms with van der Waals surface area (Å²) in [7, 11) is -2.03. The van der Waals surface area contributed by atoms with Gasteiger partial charge in [0, 0.05) is 25.6 Å². The number of carbonyl (C=O) groups excluding carboxylic acids is 2. The fourth-order valence-corrected chi connectivity index (χ4v) is 4.66. The number of likely N-dealkylation sites (N-methyl/N-ethyl adjacent to an activating group) is 1. The number of hydrogen-bond donors (Lipinski definition) is 1. The SMILES string of the molecule is CCNS(=O)(=O)c1ccc(CC(=O)[C@H](Cc2ccccc2)N(C)C(=O)c2ccc(F)cc2)cc1. The molecule has 0 saturated heterocycles. The highest BCUT2D eigenvalue weighted by Gasteiger charge is 2.28. The van der Waals surface area contributed by atoms with Gasteiger partial charge in [0.25, 0.3) is 5.91 Å². The molecule has 0 radical (unpaired) electrons. The second-order valence-corrected chi connectivity index (χ2v) is 9.68. The topological polar surface area (TPSA) is 83.6 Å². The van der Waals surface area contributed by atoms with E-state index in [-0.39, 0.29) is 35.1 Å². The maximum Gasteiger partial charge on any atom is 0.254 e. The van der Waals surface area contributed by atoms with Crippen molar-refractivity contribution in [2.75, 3.05) is 13.6 Å². The number of sulfonamides is 1. The van der Waals surface area contributed by atoms with Crippen molar-refractivity contribution in [3.8, 4) is 0 Å². The van der Waals surface area contributed by atoms with Crippen LogP contribution in [0.4, 0.5) is 4.39 Å². The molecule has 0 aromatic heterocycles. The Hall–Kier alpha value is -3.36. The number of nitrogens with zero attached hydrogens (tertiary/aromatic N) is 1. The van der Waals surface area contributed by atoms with Gasteiger partial charge in [-0.05, 0) is 53.9 Å². The lowest BCUT2D eigenvalue weighted by Crippen LogP contribution is -2.44. The van der Waals surface area contributed by atoms with Gasteiger partial charge in [-0.15, -0.1) is 0 Å². The highest BCUT2D eigenvalue weighted by atomic mass is 32.2. The van der Waals surface area contributed by atoms with Crippen LogP contribution in [0.2, 0.25) is 0 Å². The monoisotopic (exact) mass is 482 g/mol. The zero-order valence-corrected chi connectivity index (χ0v) is 19.9. The minimum absolute atomic E-state index is 0.0278. The van der Waals surface area contributed by atoms with Crippen molar-refractivity contribution in [2.45, 2.75) is 30.7 Å². The molecule has 0 aliphatic carbocycles. The standard InChI is InChI=1S/C26H27FN2O4S/c1-3-28-34(32,33)23-15-9-20(10-16-23)18-25(30)24(17-19-7-5-4-6-8-19)29(2)26(31)21-11-13-22(27)14-12-21/h4-16,24,28H,3,17-18H2,1-2H3/t24-/m0/s1. The van der Waals surface area contributed by atoms with E-state index in [1.807, 2.05) is 30.3 Å². The van der Waals surface area contributed by atoms with E-state index in [2.05, 4.69) is 4.72 Å². The van der Waals surface area contributed by atoms with Gasteiger partial charge in [0.1, 0.15) is 5.82 Å². The van der Waals surface area contributed by atoms with Crippen molar-refractivity contribution >= 4 is 21.7 Å². The molecule has 0 spiro atoms. The van der Waals surface area contributed by atoms with E-state index in [0.717, 1.165) is 5.56 Å². The first-order valence-electron chi connectivity index (χ1n) is 10.9. The van der Waals surface area contributed by atoms with Gasteiger partial charge in [-0.25, -0.2) is 17.5 Å². The number of halogens is 1. The Kier molecular flexibility index (Phi) is 8.31. The van der Waals surface area contributed by atoms with Crippen LogP contribution in [-0.2, 0) is 27.7 Å². The number of nitrogens with one attached hydrogen (secondary N) is 1. The Balaban J connectivity index is 1.83. The number of hydrogen-bond acceptors (Lipinski definition) is 4. The number of benzene rings is 3. The van der Waals surface area contributed by atoms with Gasteiger partial charge in [0.05, 0.1) is 10.9 Å². The molecule has 6 nitrogen and oxygen atoms in total. The van der Waals surface area contributed by atoms with E-state index in [9.17, 15) is 22.4 Å². The largest absolute Gasteiger partial charge is 0.331 e. The van der Waals surface area contributed by atoms with Crippen molar-refractivity contribution in [3.05, 3.63) is 101 Å². The van der Waals surface area contributed by atoms with Gasteiger partial charge in [-0.1, -0.05) is 49.4 Å². The van der Waals surface area contributed by atoms with Gasteiger partial charge in [0.2, 0.25) is 10.0 Å². The van der Waals surface area contributed by atoms with Crippen LogP contribution < -0.4 is 4.72 Å². The molecule has 3 aromatic carbocycles. The van der Waals surface area contributed by atoms with Gasteiger partial charge < -0.3 is 4.90 Å². The van der Waals surface area contributed by atoms with Crippen molar-refractivity contribution in [3.63, 3.8) is 0 Å². The third-order valence-electron chi connectivity index (χ3n) is 5.47. The molecular weight excluding hydrogens is 455 g/mol. The Morgan fingerprint density at radius 1 is 0.912 bits per heavy atom. The number of rotatable bonds is 10. The highest BCUT2D eigenvalue weighted by molar-refractivity contribution is 7.89. The molecule has 1 amide bonds. The van der Waals surface area contributed by atoms with E-state index < -0.39 is 21.9 Å². The Morgan fingerprint density at radius 2 is 1.53 bits per heavy atom. The second kappa shape index (κ2) is 11.2. The van der Waals surface area contributed by atoms with Crippen molar-refractivity contribution in [1.29, 1.82) is 0 Å². The first-order chi connectivity index (χ1) is 16.2. The lowest BCUT2D eigenvalue weighted by Gasteiger charge is -2.27. The van der Waals surface area contributed by atoms with Crippen molar-refractivity contribution in [2.24, 2.45) is 0 Å². The minimum Gasteiger partial charge on any atom is -0.331 e.